The number of fused-ring (bicyclic) bond motifs is 15. The molecule has 47 heteroatoms. The number of anilines is 1. The summed E-state index contributed by atoms with van der Waals surface area (Å²) in [5.41, 5.74) is 4.99. The van der Waals surface area contributed by atoms with Crippen LogP contribution in [0.5, 0.6) is 51.7 Å². The van der Waals surface area contributed by atoms with E-state index in [9.17, 15) is 87.9 Å². The predicted octanol–water partition coefficient (Wildman–Crippen LogP) is 1.17. The molecule has 2 saturated heterocycles. The van der Waals surface area contributed by atoms with Crippen LogP contribution in [0.25, 0.3) is 11.1 Å². The van der Waals surface area contributed by atoms with Gasteiger partial charge in [-0.05, 0) is 139 Å². The van der Waals surface area contributed by atoms with E-state index in [4.69, 9.17) is 62.1 Å². The number of carbonyl (C=O) groups is 10. The van der Waals surface area contributed by atoms with E-state index in [1.165, 1.54) is 51.5 Å². The van der Waals surface area contributed by atoms with E-state index in [2.05, 4.69) is 68.4 Å². The number of aliphatic hydroxyl groups excluding tert-OH is 6. The van der Waals surface area contributed by atoms with Gasteiger partial charge in [0.15, 0.2) is 23.9 Å². The Hall–Kier alpha value is -12.6. The molecule has 11 bridgehead atoms. The quantitative estimate of drug-likeness (QED) is 0.0378. The van der Waals surface area contributed by atoms with Crippen LogP contribution in [-0.4, -0.2) is 234 Å². The number of primary amides is 1. The molecule has 7 aliphatic heterocycles. The van der Waals surface area contributed by atoms with Crippen molar-refractivity contribution < 1.29 is 145 Å². The Morgan fingerprint density at radius 3 is 1.98 bits per heavy atom. The van der Waals surface area contributed by atoms with Gasteiger partial charge >= 0.3 is 12.1 Å². The Balaban J connectivity index is 0.980. The van der Waals surface area contributed by atoms with Crippen molar-refractivity contribution in [3.8, 4) is 62.9 Å². The van der Waals surface area contributed by atoms with Crippen LogP contribution < -0.4 is 89.1 Å². The van der Waals surface area contributed by atoms with Crippen LogP contribution in [0.15, 0.2) is 120 Å². The second kappa shape index (κ2) is 41.9. The molecule has 6 aromatic carbocycles. The number of alkyl halides is 3. The molecule has 18 atom stereocenters. The lowest BCUT2D eigenvalue weighted by Gasteiger charge is -2.48. The van der Waals surface area contributed by atoms with Crippen LogP contribution in [-0.2, 0) is 79.9 Å². The van der Waals surface area contributed by atoms with Crippen LogP contribution in [0.3, 0.4) is 0 Å². The lowest BCUT2D eigenvalue weighted by atomic mass is 9.85. The molecule has 0 aliphatic carbocycles. The molecule has 22 N–H and O–H groups in total. The number of amides is 10. The lowest BCUT2D eigenvalue weighted by molar-refractivity contribution is -0.334. The molecule has 132 heavy (non-hydrogen) atoms. The number of phenolic OH excluding ortho intramolecular Hbond substituents is 3. The number of nitrogens with one attached hydrogen (secondary N) is 11. The molecule has 7 aliphatic rings. The minimum Gasteiger partial charge on any atom is -0.508 e. The summed E-state index contributed by atoms with van der Waals surface area (Å²) in [5.74, 6) is -18.5. The summed E-state index contributed by atoms with van der Waals surface area (Å²) in [6, 6.07) is 4.47. The minimum absolute atomic E-state index is 0.107. The van der Waals surface area contributed by atoms with E-state index in [0.29, 0.717) is 5.56 Å². The first-order chi connectivity index (χ1) is 62.5. The highest BCUT2D eigenvalue weighted by Crippen LogP contribution is 2.50. The Morgan fingerprint density at radius 2 is 1.36 bits per heavy atom. The number of benzene rings is 6. The van der Waals surface area contributed by atoms with E-state index in [-0.39, 0.29) is 68.2 Å². The molecule has 1 aromatic heterocycles. The smallest absolute Gasteiger partial charge is 0.508 e. The van der Waals surface area contributed by atoms with Gasteiger partial charge in [-0.3, -0.25) is 63.4 Å². The third-order valence-electron chi connectivity index (χ3n) is 22.2. The zero-order valence-corrected chi connectivity index (χ0v) is 72.4. The maximum Gasteiger partial charge on any atom is 0.573 e. The van der Waals surface area contributed by atoms with Crippen molar-refractivity contribution in [2.45, 2.75) is 182 Å². The first-order valence-electron chi connectivity index (χ1n) is 41.0. The van der Waals surface area contributed by atoms with Crippen LogP contribution >= 0.6 is 23.2 Å². The molecule has 8 heterocycles. The second-order valence-corrected chi connectivity index (χ2v) is 33.0. The highest BCUT2D eigenvalue weighted by atomic mass is 35.5. The van der Waals surface area contributed by atoms with Crippen molar-refractivity contribution in [2.75, 3.05) is 39.2 Å². The molecule has 0 radical (unpaired) electrons. The predicted molar refractivity (Wildman–Crippen MR) is 452 cm³/mol. The topological polar surface area (TPSA) is 620 Å². The Bertz CT molecular complexity index is 5590. The molecule has 42 nitrogen and oxygen atoms in total. The average molecular weight is 1890 g/mol. The van der Waals surface area contributed by atoms with Crippen LogP contribution in [0.2, 0.25) is 10.0 Å². The SMILES string of the molecule is CN[C@H](CC(C)C)C(=O)N[C@H]1C(=O)N[C@@H](CC(N)=O)C(=O)N[C@H]2C(=O)N[C@H]3C(=O)N[C@H](C(=O)N[C@@H](C(=O)NNC(=O)CCOC)c4cc(O)cc(O)c4-c4cc3ccc4O)[C@H](O)c3ccc(c(Cl)c3)Oc3cc2cc(c3O[C@@H]2O[C@H](CO)[C@@H](O)[C@H](O)[C@H]2O[C@H]2C[C@](C)(NCCn3ccc(NC(=O)Cc4ccc(OC(F)(F)F)cc4)nc3=O)[C@H](O)[C@H](C)O2)Oc2ccc(cc2Cl)[C@H]1O. The number of halogens is 5. The van der Waals surface area contributed by atoms with Gasteiger partial charge in [0.05, 0.1) is 60.8 Å². The third-order valence-corrected chi connectivity index (χ3v) is 22.7. The van der Waals surface area contributed by atoms with Crippen LogP contribution in [0.4, 0.5) is 19.0 Å². The van der Waals surface area contributed by atoms with Gasteiger partial charge < -0.3 is 137 Å². The third kappa shape index (κ3) is 23.3. The van der Waals surface area contributed by atoms with Gasteiger partial charge in [-0.25, -0.2) is 4.79 Å². The molecule has 0 spiro atoms. The highest BCUT2D eigenvalue weighted by molar-refractivity contribution is 6.32. The van der Waals surface area contributed by atoms with Crippen molar-refractivity contribution in [1.82, 2.24) is 62.9 Å². The van der Waals surface area contributed by atoms with E-state index < -0.39 is 283 Å². The molecule has 2 fully saturated rings. The molecule has 14 rings (SSSR count). The monoisotopic (exact) mass is 1890 g/mol. The summed E-state index contributed by atoms with van der Waals surface area (Å²) in [7, 11) is 2.74. The molecular formula is C85H95Cl2F3N14O28. The number of aromatic hydroxyl groups is 3. The number of aliphatic hydroxyl groups is 6. The summed E-state index contributed by atoms with van der Waals surface area (Å²) >= 11 is 14.4. The van der Waals surface area contributed by atoms with Crippen molar-refractivity contribution in [1.29, 1.82) is 0 Å². The van der Waals surface area contributed by atoms with Crippen molar-refractivity contribution in [3.05, 3.63) is 169 Å². The number of nitrogens with zero attached hydrogens (tertiary/aromatic N) is 2. The van der Waals surface area contributed by atoms with E-state index >= 15 is 24.0 Å². The molecule has 10 amide bonds. The average Bonchev–Trinajstić information content (AvgIpc) is 0.766. The Labute approximate surface area is 757 Å². The zero-order valence-electron chi connectivity index (χ0n) is 70.9. The summed E-state index contributed by atoms with van der Waals surface area (Å²) in [4.78, 5) is 164. The summed E-state index contributed by atoms with van der Waals surface area (Å²) in [6.45, 7) is 5.16. The summed E-state index contributed by atoms with van der Waals surface area (Å²) < 4.78 is 87.6. The number of carbonyl (C=O) groups excluding carboxylic acids is 10. The van der Waals surface area contributed by atoms with Crippen molar-refractivity contribution in [3.63, 3.8) is 0 Å². The number of hydrazine groups is 1. The zero-order chi connectivity index (χ0) is 95.8. The normalized spacial score (nSPS) is 25.2. The van der Waals surface area contributed by atoms with Gasteiger partial charge in [0.1, 0.15) is 107 Å². The van der Waals surface area contributed by atoms with Gasteiger partial charge in [-0.2, -0.15) is 4.98 Å². The minimum atomic E-state index is -4.95. The molecule has 7 aromatic rings. The number of rotatable bonds is 24. The fraction of sp³-hybridized carbons (Fsp3) is 0.412. The Morgan fingerprint density at radius 1 is 0.720 bits per heavy atom. The maximum absolute atomic E-state index is 16.4. The Kier molecular flexibility index (Phi) is 31.2. The number of ether oxygens (including phenoxy) is 8. The van der Waals surface area contributed by atoms with Crippen molar-refractivity contribution >= 4 is 88.1 Å². The molecular weight excluding hydrogens is 1790 g/mol. The van der Waals surface area contributed by atoms with E-state index in [1.807, 2.05) is 0 Å². The van der Waals surface area contributed by atoms with Crippen LogP contribution in [0.1, 0.15) is 117 Å². The number of hydrogen-bond donors (Lipinski definition) is 21. The van der Waals surface area contributed by atoms with Crippen LogP contribution in [0, 0.1) is 5.92 Å². The largest absolute Gasteiger partial charge is 0.573 e. The first kappa shape index (κ1) is 98.4. The van der Waals surface area contributed by atoms with Gasteiger partial charge in [0.25, 0.3) is 5.91 Å². The molecule has 0 saturated carbocycles. The lowest BCUT2D eigenvalue weighted by Crippen LogP contribution is -2.65. The number of likely N-dealkylation sites (N-methyl/N-ethyl adjacent to an activating group) is 1. The summed E-state index contributed by atoms with van der Waals surface area (Å²) in [5, 5.41) is 129. The van der Waals surface area contributed by atoms with Crippen molar-refractivity contribution in [2.24, 2.45) is 11.7 Å². The summed E-state index contributed by atoms with van der Waals surface area (Å²) in [6.07, 6.45) is -24.4. The number of phenols is 3. The van der Waals surface area contributed by atoms with Gasteiger partial charge in [0.2, 0.25) is 65.2 Å². The van der Waals surface area contributed by atoms with E-state index in [1.54, 1.807) is 20.8 Å². The number of methoxy groups -OCH3 is 1. The highest BCUT2D eigenvalue weighted by Gasteiger charge is 2.53. The second-order valence-electron chi connectivity index (χ2n) is 32.2. The fourth-order valence-electron chi connectivity index (χ4n) is 15.4. The first-order valence-corrected chi connectivity index (χ1v) is 41.8. The van der Waals surface area contributed by atoms with Gasteiger partial charge in [-0.1, -0.05) is 67.4 Å². The number of nitrogens with two attached hydrogens (primary N) is 1. The van der Waals surface area contributed by atoms with Gasteiger partial charge in [-0.15, -0.1) is 13.2 Å². The number of aromatic nitrogens is 2. The van der Waals surface area contributed by atoms with Gasteiger partial charge in [0, 0.05) is 55.5 Å². The number of hydrogen-bond acceptors (Lipinski definition) is 31. The fourth-order valence-corrected chi connectivity index (χ4v) is 15.9. The maximum atomic E-state index is 16.4. The molecule has 0 unspecified atom stereocenters. The molecule has 708 valence electrons. The standard InChI is InChI=1S/C85H95Cl2F3N14O28/c1-35(2)23-48(92-5)75(117)100-66-68(112)39-10-15-52(46(86)26-39)127-54-28-41-29-55(72(54)131-82-73(71(115)70(114)56(34-105)129-82)130-61-33-84(4,74(116)36(3)126-61)93-19-21-104-20-17-58(96-83(104)124)95-60(111)24-37-7-12-43(13-8-37)132-85(88,89)90)128-53-16-11-40(27-47(53)87)69(113)67-80(122)99-65(81(123)103-102-59(110)18-22-125-6)45-30-42(106)31-51(108)62(45)44-25-38(9-14-50(44)107)63(77(119)101-67)98-78(120)64(41)97-76(118)49(32-57(91)109)94-79(66)121/h7-17,20,25-31,35-36,48-49,56,61,63-71,73-74,82,92-93,105-108,112-116H,18-19,21-24,32-34H2,1-6H3,(H2,91,109)(H,94,121)(H,97,118)(H,98,120)(H,99,122)(H,100,117)(H,101,119)(H,102,110)(H,103,123)(H,95,96,111,124)/t36-,48+,49-,56+,61-,63+,64+,65+,66+,67-,68+,69+,70+,71-,73+,74+,82-,84-/m0/s1. The van der Waals surface area contributed by atoms with E-state index in [0.717, 1.165) is 89.5 Å².